The van der Waals surface area contributed by atoms with Gasteiger partial charge in [-0.3, -0.25) is 0 Å². The molecule has 8 heteroatoms. The molecule has 1 aliphatic heterocycles. The number of thiophene rings is 1. The Hall–Kier alpha value is 0.340. The normalized spacial score (nSPS) is 20.2. The van der Waals surface area contributed by atoms with Gasteiger partial charge < -0.3 is 5.11 Å². The van der Waals surface area contributed by atoms with Crippen LogP contribution in [0.3, 0.4) is 0 Å². The molecule has 0 aromatic carbocycles. The molecular weight excluding hydrogens is 350 g/mol. The van der Waals surface area contributed by atoms with E-state index in [0.29, 0.717) is 15.2 Å². The highest BCUT2D eigenvalue weighted by atomic mass is 79.9. The minimum atomic E-state index is -3.51. The molecular formula is C9H11BrClNO3S2. The predicted octanol–water partition coefficient (Wildman–Crippen LogP) is 2.31. The Labute approximate surface area is 117 Å². The molecule has 0 atom stereocenters. The lowest BCUT2D eigenvalue weighted by Gasteiger charge is -2.44. The molecule has 1 aromatic heterocycles. The van der Waals surface area contributed by atoms with E-state index >= 15 is 0 Å². The van der Waals surface area contributed by atoms with Crippen LogP contribution < -0.4 is 0 Å². The summed E-state index contributed by atoms with van der Waals surface area (Å²) >= 11 is 10.1. The van der Waals surface area contributed by atoms with Gasteiger partial charge in [0.2, 0.25) is 0 Å². The molecule has 2 rings (SSSR count). The van der Waals surface area contributed by atoms with Crippen LogP contribution in [-0.2, 0) is 10.0 Å². The van der Waals surface area contributed by atoms with Gasteiger partial charge in [-0.2, -0.15) is 4.31 Å². The SMILES string of the molecule is CCC1(O)CN(S(=O)(=O)c2cc(Cl)c(Br)s2)C1. The Morgan fingerprint density at radius 1 is 1.65 bits per heavy atom. The van der Waals surface area contributed by atoms with Gasteiger partial charge in [0, 0.05) is 13.1 Å². The van der Waals surface area contributed by atoms with E-state index in [-0.39, 0.29) is 17.3 Å². The Balaban J connectivity index is 2.22. The van der Waals surface area contributed by atoms with Gasteiger partial charge in [-0.15, -0.1) is 11.3 Å². The molecule has 2 heterocycles. The van der Waals surface area contributed by atoms with E-state index in [1.165, 1.54) is 10.4 Å². The van der Waals surface area contributed by atoms with Crippen molar-refractivity contribution in [2.75, 3.05) is 13.1 Å². The third-order valence-corrected chi connectivity index (χ3v) is 7.53. The first-order valence-electron chi connectivity index (χ1n) is 4.96. The van der Waals surface area contributed by atoms with Crippen molar-refractivity contribution in [2.45, 2.75) is 23.2 Å². The fourth-order valence-electron chi connectivity index (χ4n) is 1.58. The van der Waals surface area contributed by atoms with Gasteiger partial charge in [0.1, 0.15) is 4.21 Å². The summed E-state index contributed by atoms with van der Waals surface area (Å²) in [5, 5.41) is 10.2. The van der Waals surface area contributed by atoms with E-state index in [1.54, 1.807) is 0 Å². The molecule has 0 unspecified atom stereocenters. The fourth-order valence-corrected chi connectivity index (χ4v) is 5.74. The van der Waals surface area contributed by atoms with Crippen LogP contribution >= 0.6 is 38.9 Å². The van der Waals surface area contributed by atoms with Gasteiger partial charge in [-0.25, -0.2) is 8.42 Å². The maximum atomic E-state index is 12.1. The average molecular weight is 361 g/mol. The van der Waals surface area contributed by atoms with Crippen molar-refractivity contribution in [2.24, 2.45) is 0 Å². The van der Waals surface area contributed by atoms with Crippen molar-refractivity contribution in [1.29, 1.82) is 0 Å². The van der Waals surface area contributed by atoms with Gasteiger partial charge in [-0.1, -0.05) is 18.5 Å². The van der Waals surface area contributed by atoms with Crippen LogP contribution in [0.1, 0.15) is 13.3 Å². The molecule has 1 N–H and O–H groups in total. The molecule has 4 nitrogen and oxygen atoms in total. The number of sulfonamides is 1. The Morgan fingerprint density at radius 2 is 2.24 bits per heavy atom. The van der Waals surface area contributed by atoms with Crippen molar-refractivity contribution < 1.29 is 13.5 Å². The molecule has 0 amide bonds. The second-order valence-electron chi connectivity index (χ2n) is 4.04. The summed E-state index contributed by atoms with van der Waals surface area (Å²) in [4.78, 5) is 0. The smallest absolute Gasteiger partial charge is 0.252 e. The van der Waals surface area contributed by atoms with Crippen LogP contribution in [-0.4, -0.2) is 36.5 Å². The number of hydrogen-bond donors (Lipinski definition) is 1. The first-order chi connectivity index (χ1) is 7.78. The molecule has 0 spiro atoms. The number of rotatable bonds is 3. The summed E-state index contributed by atoms with van der Waals surface area (Å²) < 4.78 is 26.3. The summed E-state index contributed by atoms with van der Waals surface area (Å²) in [5.41, 5.74) is -0.870. The van der Waals surface area contributed by atoms with E-state index in [4.69, 9.17) is 11.6 Å². The highest BCUT2D eigenvalue weighted by Crippen LogP contribution is 2.38. The lowest BCUT2D eigenvalue weighted by atomic mass is 9.94. The molecule has 0 radical (unpaired) electrons. The van der Waals surface area contributed by atoms with Crippen molar-refractivity contribution >= 4 is 48.9 Å². The number of hydrogen-bond acceptors (Lipinski definition) is 4. The molecule has 0 aliphatic carbocycles. The zero-order chi connectivity index (χ0) is 12.8. The second kappa shape index (κ2) is 4.47. The molecule has 0 bridgehead atoms. The molecule has 1 saturated heterocycles. The van der Waals surface area contributed by atoms with Crippen LogP contribution in [0.2, 0.25) is 5.02 Å². The van der Waals surface area contributed by atoms with E-state index in [0.717, 1.165) is 11.3 Å². The van der Waals surface area contributed by atoms with E-state index < -0.39 is 15.6 Å². The second-order valence-corrected chi connectivity index (χ2v) is 8.98. The maximum absolute atomic E-state index is 12.1. The monoisotopic (exact) mass is 359 g/mol. The maximum Gasteiger partial charge on any atom is 0.252 e. The molecule has 1 aliphatic rings. The van der Waals surface area contributed by atoms with Crippen molar-refractivity contribution in [3.05, 3.63) is 14.9 Å². The van der Waals surface area contributed by atoms with Gasteiger partial charge in [0.25, 0.3) is 10.0 Å². The Morgan fingerprint density at radius 3 is 2.65 bits per heavy atom. The lowest BCUT2D eigenvalue weighted by molar-refractivity contribution is -0.0612. The van der Waals surface area contributed by atoms with Gasteiger partial charge in [0.05, 0.1) is 14.4 Å². The first-order valence-corrected chi connectivity index (χ1v) is 8.38. The summed E-state index contributed by atoms with van der Waals surface area (Å²) in [6.07, 6.45) is 0.550. The van der Waals surface area contributed by atoms with Gasteiger partial charge >= 0.3 is 0 Å². The van der Waals surface area contributed by atoms with Crippen molar-refractivity contribution in [3.8, 4) is 0 Å². The Kier molecular flexibility index (Phi) is 3.62. The van der Waals surface area contributed by atoms with Crippen molar-refractivity contribution in [3.63, 3.8) is 0 Å². The van der Waals surface area contributed by atoms with Gasteiger partial charge in [0.15, 0.2) is 0 Å². The third kappa shape index (κ3) is 2.41. The van der Waals surface area contributed by atoms with E-state index in [1.807, 2.05) is 6.92 Å². The largest absolute Gasteiger partial charge is 0.387 e. The van der Waals surface area contributed by atoms with E-state index in [9.17, 15) is 13.5 Å². The summed E-state index contributed by atoms with van der Waals surface area (Å²) in [6, 6.07) is 1.43. The van der Waals surface area contributed by atoms with Crippen LogP contribution in [0.25, 0.3) is 0 Å². The van der Waals surface area contributed by atoms with Crippen LogP contribution in [0, 0.1) is 0 Å². The van der Waals surface area contributed by atoms with Crippen LogP contribution in [0.5, 0.6) is 0 Å². The number of aliphatic hydroxyl groups is 1. The standard InChI is InChI=1S/C9H11BrClNO3S2/c1-2-9(13)4-12(5-9)17(14,15)7-3-6(11)8(10)16-7/h3,13H,2,4-5H2,1H3. The zero-order valence-electron chi connectivity index (χ0n) is 8.98. The minimum Gasteiger partial charge on any atom is -0.387 e. The minimum absolute atomic E-state index is 0.152. The summed E-state index contributed by atoms with van der Waals surface area (Å²) in [6.45, 7) is 2.14. The number of nitrogens with zero attached hydrogens (tertiary/aromatic N) is 1. The predicted molar refractivity (Wildman–Crippen MR) is 71.0 cm³/mol. The highest BCUT2D eigenvalue weighted by molar-refractivity contribution is 9.11. The molecule has 1 fully saturated rings. The van der Waals surface area contributed by atoms with Crippen molar-refractivity contribution in [1.82, 2.24) is 4.31 Å². The number of β-amino-alcohol motifs (C(OH)–C–C–N with tert-alkyl or cyclic N) is 1. The molecule has 17 heavy (non-hydrogen) atoms. The quantitative estimate of drug-likeness (QED) is 0.900. The summed E-state index contributed by atoms with van der Waals surface area (Å²) in [7, 11) is -3.51. The van der Waals surface area contributed by atoms with Gasteiger partial charge in [-0.05, 0) is 28.4 Å². The summed E-state index contributed by atoms with van der Waals surface area (Å²) in [5.74, 6) is 0. The first kappa shape index (κ1) is 13.8. The molecule has 96 valence electrons. The fraction of sp³-hybridized carbons (Fsp3) is 0.556. The van der Waals surface area contributed by atoms with Crippen LogP contribution in [0.4, 0.5) is 0 Å². The molecule has 1 aromatic rings. The number of halogens is 2. The van der Waals surface area contributed by atoms with E-state index in [2.05, 4.69) is 15.9 Å². The average Bonchev–Trinajstić information content (AvgIpc) is 2.55. The highest BCUT2D eigenvalue weighted by Gasteiger charge is 2.46. The third-order valence-electron chi connectivity index (χ3n) is 2.82. The lowest BCUT2D eigenvalue weighted by Crippen LogP contribution is -2.62. The topological polar surface area (TPSA) is 57.6 Å². The zero-order valence-corrected chi connectivity index (χ0v) is 13.0. The molecule has 0 saturated carbocycles. The van der Waals surface area contributed by atoms with Crippen LogP contribution in [0.15, 0.2) is 14.1 Å². The Bertz CT molecular complexity index is 517.